The first-order chi connectivity index (χ1) is 24.9. The highest BCUT2D eigenvalue weighted by atomic mass is 16.5. The first-order valence-corrected chi connectivity index (χ1v) is 18.8. The molecule has 5 atom stereocenters. The number of allylic oxidation sites excluding steroid dienone is 1. The Labute approximate surface area is 300 Å². The molecular formula is C41H50N4O6. The van der Waals surface area contributed by atoms with E-state index in [4.69, 9.17) is 19.2 Å². The van der Waals surface area contributed by atoms with Crippen molar-refractivity contribution >= 4 is 28.7 Å². The summed E-state index contributed by atoms with van der Waals surface area (Å²) in [6.07, 6.45) is 12.5. The number of nitrogens with one attached hydrogen (secondary N) is 1. The molecule has 0 spiro atoms. The van der Waals surface area contributed by atoms with Crippen LogP contribution < -0.4 is 14.8 Å². The lowest BCUT2D eigenvalue weighted by molar-refractivity contribution is -0.150. The number of carbonyl (C=O) groups excluding carboxylic acids is 3. The number of likely N-dealkylation sites (tertiary alicyclic amines) is 1. The van der Waals surface area contributed by atoms with Gasteiger partial charge in [-0.15, -0.1) is 0 Å². The topological polar surface area (TPSA) is 110 Å². The van der Waals surface area contributed by atoms with Gasteiger partial charge in [-0.05, 0) is 70.7 Å². The van der Waals surface area contributed by atoms with E-state index in [0.29, 0.717) is 24.3 Å². The molecule has 4 heterocycles. The molecule has 2 saturated heterocycles. The van der Waals surface area contributed by atoms with Crippen LogP contribution in [0.2, 0.25) is 0 Å². The molecule has 0 radical (unpaired) electrons. The number of rotatable bonds is 7. The lowest BCUT2D eigenvalue weighted by atomic mass is 10.0. The van der Waals surface area contributed by atoms with Gasteiger partial charge in [0.25, 0.3) is 0 Å². The Balaban J connectivity index is 1.23. The van der Waals surface area contributed by atoms with Crippen molar-refractivity contribution in [3.8, 4) is 22.8 Å². The van der Waals surface area contributed by atoms with E-state index in [1.54, 1.807) is 18.9 Å². The van der Waals surface area contributed by atoms with E-state index in [1.165, 1.54) is 6.42 Å². The Morgan fingerprint density at radius 3 is 2.57 bits per heavy atom. The minimum Gasteiger partial charge on any atom is -0.497 e. The van der Waals surface area contributed by atoms with Crippen molar-refractivity contribution in [2.24, 2.45) is 5.92 Å². The molecule has 3 aliphatic heterocycles. The van der Waals surface area contributed by atoms with Crippen LogP contribution in [0.4, 0.5) is 0 Å². The van der Waals surface area contributed by atoms with Crippen molar-refractivity contribution in [3.63, 3.8) is 0 Å². The highest BCUT2D eigenvalue weighted by molar-refractivity contribution is 5.96. The molecule has 270 valence electrons. The lowest BCUT2D eigenvalue weighted by Crippen LogP contribution is -2.57. The van der Waals surface area contributed by atoms with Gasteiger partial charge in [0.2, 0.25) is 11.8 Å². The molecule has 1 aliphatic carbocycles. The Morgan fingerprint density at radius 2 is 1.78 bits per heavy atom. The Kier molecular flexibility index (Phi) is 10.6. The number of nitrogens with zero attached hydrogens (tertiary/aromatic N) is 3. The first kappa shape index (κ1) is 35.0. The minimum atomic E-state index is -1.12. The Morgan fingerprint density at radius 1 is 0.980 bits per heavy atom. The summed E-state index contributed by atoms with van der Waals surface area (Å²) in [5.41, 5.74) is 1.31. The van der Waals surface area contributed by atoms with Crippen LogP contribution in [0.1, 0.15) is 71.1 Å². The Bertz CT molecular complexity index is 1760. The Hall–Kier alpha value is -4.44. The van der Waals surface area contributed by atoms with Gasteiger partial charge in [0.15, 0.2) is 0 Å². The van der Waals surface area contributed by atoms with Crippen molar-refractivity contribution in [2.45, 2.75) is 94.9 Å². The molecular weight excluding hydrogens is 644 g/mol. The average molecular weight is 695 g/mol. The highest BCUT2D eigenvalue weighted by Crippen LogP contribution is 2.46. The monoisotopic (exact) mass is 694 g/mol. The standard InChI is InChI=1S/C41H50N4O6/c1-3-50-40(48)41-26-29(41)17-11-5-4-6-12-18-35(44-21-13-8-14-22-44)39(47)45-27-31(24-36(45)38(46)43-41)51-37-25-33(28-15-9-7-10-16-28)42-34-23-30(49-2)19-20-32(34)37/h7,9-11,15-17,19-20,23,25,29,31,35-36H,3-6,8,12-14,18,21-22,24,26-27H2,1-2H3,(H,43,46)/b17-11-/t29-,31+,35-,36-,41+/m0/s1. The summed E-state index contributed by atoms with van der Waals surface area (Å²) in [4.78, 5) is 51.5. The van der Waals surface area contributed by atoms with Gasteiger partial charge in [-0.3, -0.25) is 14.5 Å². The molecule has 0 bridgehead atoms. The number of hydrogen-bond donors (Lipinski definition) is 1. The molecule has 7 rings (SSSR count). The number of hydrogen-bond acceptors (Lipinski definition) is 8. The number of carbonyl (C=O) groups is 3. The van der Waals surface area contributed by atoms with E-state index in [9.17, 15) is 14.4 Å². The van der Waals surface area contributed by atoms with E-state index >= 15 is 0 Å². The largest absolute Gasteiger partial charge is 0.497 e. The van der Waals surface area contributed by atoms with E-state index in [0.717, 1.165) is 80.2 Å². The van der Waals surface area contributed by atoms with Gasteiger partial charge >= 0.3 is 5.97 Å². The second kappa shape index (κ2) is 15.4. The van der Waals surface area contributed by atoms with Crippen LogP contribution in [0.25, 0.3) is 22.2 Å². The predicted molar refractivity (Wildman–Crippen MR) is 195 cm³/mol. The third-order valence-corrected chi connectivity index (χ3v) is 11.0. The molecule has 1 aromatic heterocycles. The van der Waals surface area contributed by atoms with E-state index in [2.05, 4.69) is 22.4 Å². The normalized spacial score (nSPS) is 28.1. The predicted octanol–water partition coefficient (Wildman–Crippen LogP) is 6.07. The molecule has 0 unspecified atom stereocenters. The fraction of sp³-hybridized carbons (Fsp3) is 0.512. The van der Waals surface area contributed by atoms with Crippen LogP contribution in [-0.2, 0) is 19.1 Å². The van der Waals surface area contributed by atoms with Crippen molar-refractivity contribution in [2.75, 3.05) is 33.4 Å². The number of aromatic nitrogens is 1. The maximum absolute atomic E-state index is 14.8. The van der Waals surface area contributed by atoms with Gasteiger partial charge < -0.3 is 24.4 Å². The number of esters is 1. The highest BCUT2D eigenvalue weighted by Gasteiger charge is 2.62. The fourth-order valence-electron chi connectivity index (χ4n) is 8.15. The summed E-state index contributed by atoms with van der Waals surface area (Å²) in [6.45, 7) is 4.03. The molecule has 10 nitrogen and oxygen atoms in total. The summed E-state index contributed by atoms with van der Waals surface area (Å²) in [6, 6.07) is 16.5. The van der Waals surface area contributed by atoms with Crippen molar-refractivity contribution in [1.29, 1.82) is 0 Å². The van der Waals surface area contributed by atoms with Crippen LogP contribution in [0.3, 0.4) is 0 Å². The average Bonchev–Trinajstić information content (AvgIpc) is 3.69. The van der Waals surface area contributed by atoms with Gasteiger partial charge in [0.05, 0.1) is 37.5 Å². The molecule has 3 aromatic rings. The molecule has 10 heteroatoms. The third kappa shape index (κ3) is 7.47. The second-order valence-corrected chi connectivity index (χ2v) is 14.4. The number of ether oxygens (including phenoxy) is 3. The van der Waals surface area contributed by atoms with Crippen molar-refractivity contribution in [1.82, 2.24) is 20.1 Å². The fourth-order valence-corrected chi connectivity index (χ4v) is 8.15. The van der Waals surface area contributed by atoms with E-state index < -0.39 is 23.7 Å². The second-order valence-electron chi connectivity index (χ2n) is 14.4. The summed E-state index contributed by atoms with van der Waals surface area (Å²) >= 11 is 0. The maximum Gasteiger partial charge on any atom is 0.332 e. The van der Waals surface area contributed by atoms with Crippen LogP contribution in [0.5, 0.6) is 11.5 Å². The zero-order valence-corrected chi connectivity index (χ0v) is 29.9. The quantitative estimate of drug-likeness (QED) is 0.235. The van der Waals surface area contributed by atoms with Gasteiger partial charge in [-0.25, -0.2) is 9.78 Å². The minimum absolute atomic E-state index is 0.0250. The molecule has 3 fully saturated rings. The molecule has 51 heavy (non-hydrogen) atoms. The number of piperidine rings is 1. The molecule has 2 amide bonds. The summed E-state index contributed by atoms with van der Waals surface area (Å²) in [5.74, 6) is 0.404. The molecule has 4 aliphatic rings. The molecule has 2 aromatic carbocycles. The SMILES string of the molecule is CCOC(=O)[C@@]12C[C@@H]1/C=C\CCCCC[C@H](N1CCCCC1)C(=O)N1C[C@H](Oc3cc(-c4ccccc4)nc4cc(OC)ccc34)C[C@H]1C(=O)N2. The van der Waals surface area contributed by atoms with Crippen LogP contribution in [-0.4, -0.2) is 89.6 Å². The number of fused-ring (bicyclic) bond motifs is 3. The number of amides is 2. The number of pyridine rings is 1. The molecule has 1 N–H and O–H groups in total. The van der Waals surface area contributed by atoms with Crippen LogP contribution in [0, 0.1) is 5.92 Å². The van der Waals surface area contributed by atoms with Crippen LogP contribution >= 0.6 is 0 Å². The summed E-state index contributed by atoms with van der Waals surface area (Å²) < 4.78 is 17.8. The van der Waals surface area contributed by atoms with Crippen molar-refractivity contribution in [3.05, 3.63) is 66.7 Å². The van der Waals surface area contributed by atoms with E-state index in [1.807, 2.05) is 54.6 Å². The van der Waals surface area contributed by atoms with Crippen LogP contribution in [0.15, 0.2) is 66.7 Å². The number of benzene rings is 2. The maximum atomic E-state index is 14.8. The van der Waals surface area contributed by atoms with Gasteiger partial charge in [-0.2, -0.15) is 0 Å². The zero-order chi connectivity index (χ0) is 35.4. The van der Waals surface area contributed by atoms with Gasteiger partial charge in [-0.1, -0.05) is 61.7 Å². The van der Waals surface area contributed by atoms with Gasteiger partial charge in [0, 0.05) is 35.4 Å². The smallest absolute Gasteiger partial charge is 0.332 e. The zero-order valence-electron chi connectivity index (χ0n) is 29.9. The lowest BCUT2D eigenvalue weighted by Gasteiger charge is -2.37. The molecule has 1 saturated carbocycles. The summed E-state index contributed by atoms with van der Waals surface area (Å²) in [7, 11) is 1.63. The third-order valence-electron chi connectivity index (χ3n) is 11.0. The summed E-state index contributed by atoms with van der Waals surface area (Å²) in [5, 5.41) is 3.93. The van der Waals surface area contributed by atoms with E-state index in [-0.39, 0.29) is 36.9 Å². The van der Waals surface area contributed by atoms with Crippen molar-refractivity contribution < 1.29 is 28.6 Å². The van der Waals surface area contributed by atoms with Gasteiger partial charge in [0.1, 0.15) is 29.2 Å². The first-order valence-electron chi connectivity index (χ1n) is 18.8. The number of methoxy groups -OCH3 is 1.